The number of nitrogens with two attached hydrogens (primary N) is 1. The molecule has 1 aliphatic rings. The van der Waals surface area contributed by atoms with E-state index in [1.165, 1.54) is 12.0 Å². The van der Waals surface area contributed by atoms with Crippen molar-refractivity contribution in [3.8, 4) is 0 Å². The molecule has 1 atom stereocenters. The normalized spacial score (nSPS) is 25.6. The van der Waals surface area contributed by atoms with Gasteiger partial charge in [-0.2, -0.15) is 0 Å². The van der Waals surface area contributed by atoms with Crippen molar-refractivity contribution >= 4 is 0 Å². The van der Waals surface area contributed by atoms with Gasteiger partial charge in [-0.3, -0.25) is 4.90 Å². The summed E-state index contributed by atoms with van der Waals surface area (Å²) in [6.07, 6.45) is 1.20. The summed E-state index contributed by atoms with van der Waals surface area (Å²) < 4.78 is 0. The van der Waals surface area contributed by atoms with E-state index in [2.05, 4.69) is 49.1 Å². The molecule has 0 saturated carbocycles. The van der Waals surface area contributed by atoms with Gasteiger partial charge < -0.3 is 5.73 Å². The molecule has 1 aromatic carbocycles. The van der Waals surface area contributed by atoms with Crippen molar-refractivity contribution in [3.05, 3.63) is 35.9 Å². The van der Waals surface area contributed by atoms with Crippen LogP contribution in [0.15, 0.2) is 30.3 Å². The molecule has 2 nitrogen and oxygen atoms in total. The van der Waals surface area contributed by atoms with E-state index in [1.54, 1.807) is 0 Å². The van der Waals surface area contributed by atoms with Gasteiger partial charge in [-0.1, -0.05) is 44.2 Å². The molecule has 1 aromatic rings. The minimum Gasteiger partial charge on any atom is -0.326 e. The maximum Gasteiger partial charge on any atom is 0.0234 e. The van der Waals surface area contributed by atoms with E-state index in [0.29, 0.717) is 11.5 Å². The van der Waals surface area contributed by atoms with E-state index in [0.717, 1.165) is 19.6 Å². The molecule has 1 aliphatic heterocycles. The molecule has 0 unspecified atom stereocenters. The lowest BCUT2D eigenvalue weighted by atomic mass is 9.78. The minimum absolute atomic E-state index is 0.296. The Hall–Kier alpha value is -0.860. The monoisotopic (exact) mass is 218 g/mol. The molecule has 0 aromatic heterocycles. The Morgan fingerprint density at radius 1 is 1.31 bits per heavy atom. The zero-order chi connectivity index (χ0) is 11.6. The van der Waals surface area contributed by atoms with Crippen molar-refractivity contribution in [2.45, 2.75) is 32.9 Å². The summed E-state index contributed by atoms with van der Waals surface area (Å²) in [6, 6.07) is 10.9. The summed E-state index contributed by atoms with van der Waals surface area (Å²) in [5, 5.41) is 0. The maximum absolute atomic E-state index is 6.21. The number of piperidine rings is 1. The van der Waals surface area contributed by atoms with Crippen molar-refractivity contribution in [2.75, 3.05) is 13.1 Å². The van der Waals surface area contributed by atoms with Gasteiger partial charge in [0.05, 0.1) is 0 Å². The van der Waals surface area contributed by atoms with E-state index in [9.17, 15) is 0 Å². The Bertz CT molecular complexity index is 332. The minimum atomic E-state index is 0.296. The molecule has 2 rings (SSSR count). The van der Waals surface area contributed by atoms with Gasteiger partial charge in [0.25, 0.3) is 0 Å². The molecule has 2 heteroatoms. The van der Waals surface area contributed by atoms with Crippen molar-refractivity contribution in [1.82, 2.24) is 4.90 Å². The second-order valence-corrected chi connectivity index (χ2v) is 5.57. The number of hydrogen-bond acceptors (Lipinski definition) is 2. The SMILES string of the molecule is CC1(C)CCN(Cc2ccccc2)C[C@@H]1N. The highest BCUT2D eigenvalue weighted by Crippen LogP contribution is 2.29. The lowest BCUT2D eigenvalue weighted by Gasteiger charge is -2.42. The quantitative estimate of drug-likeness (QED) is 0.825. The van der Waals surface area contributed by atoms with E-state index >= 15 is 0 Å². The van der Waals surface area contributed by atoms with Crippen LogP contribution in [0.3, 0.4) is 0 Å². The summed E-state index contributed by atoms with van der Waals surface area (Å²) >= 11 is 0. The average molecular weight is 218 g/mol. The highest BCUT2D eigenvalue weighted by molar-refractivity contribution is 5.14. The molecular formula is C14H22N2. The number of rotatable bonds is 2. The smallest absolute Gasteiger partial charge is 0.0234 e. The third kappa shape index (κ3) is 2.63. The van der Waals surface area contributed by atoms with E-state index in [1.807, 2.05) is 0 Å². The van der Waals surface area contributed by atoms with Gasteiger partial charge in [-0.15, -0.1) is 0 Å². The molecule has 1 heterocycles. The summed E-state index contributed by atoms with van der Waals surface area (Å²) in [5.74, 6) is 0. The molecule has 0 bridgehead atoms. The van der Waals surface area contributed by atoms with E-state index in [-0.39, 0.29) is 0 Å². The van der Waals surface area contributed by atoms with Crippen LogP contribution in [0.2, 0.25) is 0 Å². The van der Waals surface area contributed by atoms with Crippen LogP contribution in [-0.2, 0) is 6.54 Å². The van der Waals surface area contributed by atoms with Gasteiger partial charge >= 0.3 is 0 Å². The standard InChI is InChI=1S/C14H22N2/c1-14(2)8-9-16(11-13(14)15)10-12-6-4-3-5-7-12/h3-7,13H,8-11,15H2,1-2H3/t13-/m0/s1. The first-order chi connectivity index (χ1) is 7.58. The Balaban J connectivity index is 1.94. The Morgan fingerprint density at radius 3 is 2.62 bits per heavy atom. The second-order valence-electron chi connectivity index (χ2n) is 5.57. The molecule has 0 aliphatic carbocycles. The van der Waals surface area contributed by atoms with Crippen molar-refractivity contribution < 1.29 is 0 Å². The molecular weight excluding hydrogens is 196 g/mol. The van der Waals surface area contributed by atoms with Crippen LogP contribution < -0.4 is 5.73 Å². The highest BCUT2D eigenvalue weighted by Gasteiger charge is 2.32. The molecule has 1 fully saturated rings. The highest BCUT2D eigenvalue weighted by atomic mass is 15.1. The lowest BCUT2D eigenvalue weighted by Crippen LogP contribution is -2.52. The summed E-state index contributed by atoms with van der Waals surface area (Å²) in [4.78, 5) is 2.46. The largest absolute Gasteiger partial charge is 0.326 e. The molecule has 0 spiro atoms. The third-order valence-electron chi connectivity index (χ3n) is 3.78. The van der Waals surface area contributed by atoms with Gasteiger partial charge in [-0.05, 0) is 23.9 Å². The predicted octanol–water partition coefficient (Wildman–Crippen LogP) is 2.25. The second kappa shape index (κ2) is 4.56. The molecule has 2 N–H and O–H groups in total. The maximum atomic E-state index is 6.21. The molecule has 0 amide bonds. The van der Waals surface area contributed by atoms with E-state index < -0.39 is 0 Å². The van der Waals surface area contributed by atoms with Crippen LogP contribution in [-0.4, -0.2) is 24.0 Å². The van der Waals surface area contributed by atoms with Gasteiger partial charge in [0, 0.05) is 19.1 Å². The van der Waals surface area contributed by atoms with Gasteiger partial charge in [0.1, 0.15) is 0 Å². The number of nitrogens with zero attached hydrogens (tertiary/aromatic N) is 1. The van der Waals surface area contributed by atoms with Crippen LogP contribution >= 0.6 is 0 Å². The molecule has 88 valence electrons. The third-order valence-corrected chi connectivity index (χ3v) is 3.78. The topological polar surface area (TPSA) is 29.3 Å². The summed E-state index contributed by atoms with van der Waals surface area (Å²) in [5.41, 5.74) is 7.90. The fourth-order valence-electron chi connectivity index (χ4n) is 2.23. The first-order valence-corrected chi connectivity index (χ1v) is 6.10. The van der Waals surface area contributed by atoms with Gasteiger partial charge in [0.15, 0.2) is 0 Å². The first kappa shape index (κ1) is 11.6. The van der Waals surface area contributed by atoms with Gasteiger partial charge in [-0.25, -0.2) is 0 Å². The predicted molar refractivity (Wildman–Crippen MR) is 68.1 cm³/mol. The first-order valence-electron chi connectivity index (χ1n) is 6.10. The molecule has 1 saturated heterocycles. The zero-order valence-corrected chi connectivity index (χ0v) is 10.3. The van der Waals surface area contributed by atoms with Crippen LogP contribution in [0.25, 0.3) is 0 Å². The van der Waals surface area contributed by atoms with Crippen molar-refractivity contribution in [3.63, 3.8) is 0 Å². The van der Waals surface area contributed by atoms with Gasteiger partial charge in [0.2, 0.25) is 0 Å². The fourth-order valence-corrected chi connectivity index (χ4v) is 2.23. The lowest BCUT2D eigenvalue weighted by molar-refractivity contribution is 0.101. The number of likely N-dealkylation sites (tertiary alicyclic amines) is 1. The van der Waals surface area contributed by atoms with Crippen LogP contribution in [0.1, 0.15) is 25.8 Å². The van der Waals surface area contributed by atoms with Crippen molar-refractivity contribution in [2.24, 2.45) is 11.1 Å². The Morgan fingerprint density at radius 2 is 2.00 bits per heavy atom. The summed E-state index contributed by atoms with van der Waals surface area (Å²) in [7, 11) is 0. The average Bonchev–Trinajstić information content (AvgIpc) is 2.26. The van der Waals surface area contributed by atoms with Crippen molar-refractivity contribution in [1.29, 1.82) is 0 Å². The number of benzene rings is 1. The fraction of sp³-hybridized carbons (Fsp3) is 0.571. The van der Waals surface area contributed by atoms with Crippen LogP contribution in [0.5, 0.6) is 0 Å². The summed E-state index contributed by atoms with van der Waals surface area (Å²) in [6.45, 7) is 7.76. The number of hydrogen-bond donors (Lipinski definition) is 1. The molecule has 16 heavy (non-hydrogen) atoms. The Labute approximate surface area is 98.4 Å². The zero-order valence-electron chi connectivity index (χ0n) is 10.3. The van der Waals surface area contributed by atoms with Crippen LogP contribution in [0.4, 0.5) is 0 Å². The van der Waals surface area contributed by atoms with E-state index in [4.69, 9.17) is 5.73 Å². The molecule has 0 radical (unpaired) electrons. The van der Waals surface area contributed by atoms with Crippen LogP contribution in [0, 0.1) is 5.41 Å². The Kier molecular flexibility index (Phi) is 3.31.